The quantitative estimate of drug-likeness (QED) is 0.691. The molecule has 23 heavy (non-hydrogen) atoms. The van der Waals surface area contributed by atoms with E-state index in [1.54, 1.807) is 0 Å². The molecule has 6 nitrogen and oxygen atoms in total. The molecule has 1 aromatic carbocycles. The summed E-state index contributed by atoms with van der Waals surface area (Å²) in [6.07, 6.45) is 0. The van der Waals surface area contributed by atoms with Crippen LogP contribution in [0.1, 0.15) is 5.69 Å². The SMILES string of the molecule is Cc1nc2nc(-c3ccccc3)nn2c(N2CCOCC2)c1Br. The fraction of sp³-hybridized carbons (Fsp3) is 0.312. The van der Waals surface area contributed by atoms with Gasteiger partial charge in [0.2, 0.25) is 0 Å². The lowest BCUT2D eigenvalue weighted by Crippen LogP contribution is -2.38. The first-order chi connectivity index (χ1) is 11.2. The number of ether oxygens (including phenoxy) is 1. The number of morpholine rings is 1. The summed E-state index contributed by atoms with van der Waals surface area (Å²) in [5, 5.41) is 4.69. The van der Waals surface area contributed by atoms with Crippen LogP contribution in [0.4, 0.5) is 5.82 Å². The van der Waals surface area contributed by atoms with Crippen molar-refractivity contribution in [3.63, 3.8) is 0 Å². The van der Waals surface area contributed by atoms with Crippen molar-refractivity contribution in [2.45, 2.75) is 6.92 Å². The summed E-state index contributed by atoms with van der Waals surface area (Å²) in [6, 6.07) is 9.96. The summed E-state index contributed by atoms with van der Waals surface area (Å²) in [6.45, 7) is 5.07. The molecule has 0 spiro atoms. The lowest BCUT2D eigenvalue weighted by atomic mass is 10.2. The number of hydrogen-bond donors (Lipinski definition) is 0. The van der Waals surface area contributed by atoms with Crippen molar-refractivity contribution in [3.05, 3.63) is 40.5 Å². The van der Waals surface area contributed by atoms with E-state index in [-0.39, 0.29) is 0 Å². The number of anilines is 1. The summed E-state index contributed by atoms with van der Waals surface area (Å²) < 4.78 is 8.24. The minimum Gasteiger partial charge on any atom is -0.378 e. The van der Waals surface area contributed by atoms with E-state index in [4.69, 9.17) is 9.84 Å². The van der Waals surface area contributed by atoms with Gasteiger partial charge in [-0.2, -0.15) is 9.50 Å². The molecular formula is C16H16BrN5O. The molecule has 0 radical (unpaired) electrons. The second-order valence-corrected chi connectivity index (χ2v) is 6.24. The van der Waals surface area contributed by atoms with E-state index in [0.29, 0.717) is 11.6 Å². The Bertz CT molecular complexity index is 843. The smallest absolute Gasteiger partial charge is 0.254 e. The molecule has 0 amide bonds. The van der Waals surface area contributed by atoms with Gasteiger partial charge in [-0.3, -0.25) is 0 Å². The molecule has 0 saturated carbocycles. The largest absolute Gasteiger partial charge is 0.378 e. The molecule has 0 N–H and O–H groups in total. The van der Waals surface area contributed by atoms with Crippen LogP contribution < -0.4 is 4.90 Å². The van der Waals surface area contributed by atoms with Crippen LogP contribution in [0.3, 0.4) is 0 Å². The van der Waals surface area contributed by atoms with E-state index in [2.05, 4.69) is 30.8 Å². The molecule has 0 aliphatic carbocycles. The number of benzene rings is 1. The standard InChI is InChI=1S/C16H16BrN5O/c1-11-13(17)15(21-7-9-23-10-8-21)22-16(18-11)19-14(20-22)12-5-3-2-4-6-12/h2-6H,7-10H2,1H3. The van der Waals surface area contributed by atoms with E-state index >= 15 is 0 Å². The fourth-order valence-electron chi connectivity index (χ4n) is 2.73. The first-order valence-electron chi connectivity index (χ1n) is 7.55. The molecule has 0 unspecified atom stereocenters. The second-order valence-electron chi connectivity index (χ2n) is 5.45. The monoisotopic (exact) mass is 373 g/mol. The highest BCUT2D eigenvalue weighted by Crippen LogP contribution is 2.30. The number of hydrogen-bond acceptors (Lipinski definition) is 5. The number of nitrogens with zero attached hydrogens (tertiary/aromatic N) is 5. The van der Waals surface area contributed by atoms with Crippen LogP contribution in [0.25, 0.3) is 17.2 Å². The van der Waals surface area contributed by atoms with E-state index in [1.807, 2.05) is 41.8 Å². The summed E-state index contributed by atoms with van der Waals surface area (Å²) in [5.74, 6) is 2.29. The third-order valence-electron chi connectivity index (χ3n) is 3.91. The average molecular weight is 374 g/mol. The zero-order valence-electron chi connectivity index (χ0n) is 12.7. The summed E-state index contributed by atoms with van der Waals surface area (Å²) in [5.41, 5.74) is 1.89. The first kappa shape index (κ1) is 14.6. The van der Waals surface area contributed by atoms with Crippen molar-refractivity contribution in [2.24, 2.45) is 0 Å². The number of rotatable bonds is 2. The Hall–Kier alpha value is -1.99. The van der Waals surface area contributed by atoms with Gasteiger partial charge in [0.25, 0.3) is 5.78 Å². The van der Waals surface area contributed by atoms with Crippen LogP contribution in [0.5, 0.6) is 0 Å². The molecule has 1 saturated heterocycles. The maximum Gasteiger partial charge on any atom is 0.254 e. The average Bonchev–Trinajstić information content (AvgIpc) is 3.01. The fourth-order valence-corrected chi connectivity index (χ4v) is 3.24. The Balaban J connectivity index is 1.90. The van der Waals surface area contributed by atoms with Crippen LogP contribution in [-0.4, -0.2) is 45.9 Å². The van der Waals surface area contributed by atoms with Crippen LogP contribution in [0.2, 0.25) is 0 Å². The lowest BCUT2D eigenvalue weighted by molar-refractivity contribution is 0.122. The number of aryl methyl sites for hydroxylation is 1. The summed E-state index contributed by atoms with van der Waals surface area (Å²) in [7, 11) is 0. The van der Waals surface area contributed by atoms with Gasteiger partial charge in [-0.05, 0) is 22.9 Å². The van der Waals surface area contributed by atoms with Crippen molar-refractivity contribution in [1.82, 2.24) is 19.6 Å². The molecule has 1 fully saturated rings. The minimum atomic E-state index is 0.617. The number of aromatic nitrogens is 4. The van der Waals surface area contributed by atoms with E-state index in [1.165, 1.54) is 0 Å². The zero-order chi connectivity index (χ0) is 15.8. The van der Waals surface area contributed by atoms with Crippen LogP contribution in [-0.2, 0) is 4.74 Å². The molecule has 118 valence electrons. The molecule has 3 aromatic rings. The van der Waals surface area contributed by atoms with Gasteiger partial charge in [-0.15, -0.1) is 5.10 Å². The van der Waals surface area contributed by atoms with Gasteiger partial charge in [0, 0.05) is 18.7 Å². The minimum absolute atomic E-state index is 0.617. The Morgan fingerprint density at radius 1 is 1.09 bits per heavy atom. The van der Waals surface area contributed by atoms with E-state index < -0.39 is 0 Å². The van der Waals surface area contributed by atoms with Crippen LogP contribution in [0.15, 0.2) is 34.8 Å². The van der Waals surface area contributed by atoms with E-state index in [0.717, 1.165) is 47.9 Å². The summed E-state index contributed by atoms with van der Waals surface area (Å²) >= 11 is 3.67. The number of fused-ring (bicyclic) bond motifs is 1. The van der Waals surface area contributed by atoms with Crippen molar-refractivity contribution < 1.29 is 4.74 Å². The lowest BCUT2D eigenvalue weighted by Gasteiger charge is -2.29. The van der Waals surface area contributed by atoms with Crippen LogP contribution >= 0.6 is 15.9 Å². The molecule has 7 heteroatoms. The first-order valence-corrected chi connectivity index (χ1v) is 8.34. The molecule has 1 aliphatic heterocycles. The van der Waals surface area contributed by atoms with Crippen LogP contribution in [0, 0.1) is 6.92 Å². The molecule has 3 heterocycles. The van der Waals surface area contributed by atoms with Gasteiger partial charge >= 0.3 is 0 Å². The zero-order valence-corrected chi connectivity index (χ0v) is 14.3. The van der Waals surface area contributed by atoms with Crippen molar-refractivity contribution >= 4 is 27.5 Å². The number of halogens is 1. The predicted octanol–water partition coefficient (Wildman–Crippen LogP) is 2.70. The molecule has 4 rings (SSSR count). The third-order valence-corrected chi connectivity index (χ3v) is 4.84. The Kier molecular flexibility index (Phi) is 3.74. The van der Waals surface area contributed by atoms with Gasteiger partial charge in [-0.1, -0.05) is 30.3 Å². The summed E-state index contributed by atoms with van der Waals surface area (Å²) in [4.78, 5) is 11.4. The topological polar surface area (TPSA) is 55.5 Å². The van der Waals surface area contributed by atoms with Gasteiger partial charge in [-0.25, -0.2) is 4.98 Å². The Morgan fingerprint density at radius 3 is 2.57 bits per heavy atom. The highest BCUT2D eigenvalue weighted by Gasteiger charge is 2.22. The normalized spacial score (nSPS) is 15.3. The molecule has 1 aliphatic rings. The highest BCUT2D eigenvalue weighted by atomic mass is 79.9. The molecule has 2 aromatic heterocycles. The van der Waals surface area contributed by atoms with Gasteiger partial charge in [0.15, 0.2) is 11.6 Å². The third kappa shape index (κ3) is 2.60. The maximum atomic E-state index is 5.46. The highest BCUT2D eigenvalue weighted by molar-refractivity contribution is 9.10. The maximum absolute atomic E-state index is 5.46. The Morgan fingerprint density at radius 2 is 1.83 bits per heavy atom. The van der Waals surface area contributed by atoms with Crippen molar-refractivity contribution in [2.75, 3.05) is 31.2 Å². The van der Waals surface area contributed by atoms with Crippen molar-refractivity contribution in [3.8, 4) is 11.4 Å². The van der Waals surface area contributed by atoms with Gasteiger partial charge in [0.1, 0.15) is 0 Å². The van der Waals surface area contributed by atoms with Gasteiger partial charge < -0.3 is 9.64 Å². The molecule has 0 atom stereocenters. The van der Waals surface area contributed by atoms with Gasteiger partial charge in [0.05, 0.1) is 23.4 Å². The Labute approximate surface area is 142 Å². The predicted molar refractivity (Wildman–Crippen MR) is 91.7 cm³/mol. The van der Waals surface area contributed by atoms with Crippen molar-refractivity contribution in [1.29, 1.82) is 0 Å². The second kappa shape index (κ2) is 5.90. The molecule has 0 bridgehead atoms. The molecular weight excluding hydrogens is 358 g/mol. The van der Waals surface area contributed by atoms with E-state index in [9.17, 15) is 0 Å².